The molecule has 4 amide bonds. The van der Waals surface area contributed by atoms with Gasteiger partial charge < -0.3 is 15.4 Å². The van der Waals surface area contributed by atoms with Crippen molar-refractivity contribution < 1.29 is 19.1 Å². The van der Waals surface area contributed by atoms with Gasteiger partial charge in [0, 0.05) is 32.0 Å². The molecule has 1 aromatic carbocycles. The van der Waals surface area contributed by atoms with Crippen molar-refractivity contribution in [3.8, 4) is 0 Å². The predicted octanol–water partition coefficient (Wildman–Crippen LogP) is 2.77. The van der Waals surface area contributed by atoms with Crippen LogP contribution in [-0.4, -0.2) is 49.0 Å². The largest absolute Gasteiger partial charge is 0.385 e. The first-order valence-electron chi connectivity index (χ1n) is 9.17. The van der Waals surface area contributed by atoms with Crippen LogP contribution in [0.1, 0.15) is 59.2 Å². The summed E-state index contributed by atoms with van der Waals surface area (Å²) >= 11 is 0. The molecular formula is C19H25N3O4. The number of carbonyl (C=O) groups is 3. The Balaban J connectivity index is 1.63. The van der Waals surface area contributed by atoms with Gasteiger partial charge in [0.1, 0.15) is 0 Å². The van der Waals surface area contributed by atoms with Gasteiger partial charge in [-0.25, -0.2) is 4.79 Å². The first-order chi connectivity index (χ1) is 12.6. The second kappa shape index (κ2) is 8.31. The lowest BCUT2D eigenvalue weighted by atomic mass is 9.96. The number of benzene rings is 1. The number of anilines is 1. The van der Waals surface area contributed by atoms with Crippen LogP contribution in [0.3, 0.4) is 0 Å². The van der Waals surface area contributed by atoms with Crippen molar-refractivity contribution in [2.75, 3.05) is 25.6 Å². The Morgan fingerprint density at radius 1 is 1.15 bits per heavy atom. The highest BCUT2D eigenvalue weighted by atomic mass is 16.5. The van der Waals surface area contributed by atoms with Gasteiger partial charge in [0.05, 0.1) is 11.1 Å². The normalized spacial score (nSPS) is 17.3. The van der Waals surface area contributed by atoms with Gasteiger partial charge in [-0.2, -0.15) is 0 Å². The van der Waals surface area contributed by atoms with Crippen LogP contribution in [0.4, 0.5) is 10.5 Å². The number of nitrogens with one attached hydrogen (secondary N) is 2. The molecule has 2 N–H and O–H groups in total. The quantitative estimate of drug-likeness (QED) is 0.604. The molecule has 0 atom stereocenters. The SMILES string of the molecule is COCCCN1C(=O)c2ccc(NC(=O)NC3CCCCC3)cc2C1=O. The fourth-order valence-corrected chi connectivity index (χ4v) is 3.54. The minimum absolute atomic E-state index is 0.206. The molecule has 0 bridgehead atoms. The highest BCUT2D eigenvalue weighted by Crippen LogP contribution is 2.26. The van der Waals surface area contributed by atoms with E-state index in [1.54, 1.807) is 25.3 Å². The van der Waals surface area contributed by atoms with Crippen LogP contribution in [-0.2, 0) is 4.74 Å². The van der Waals surface area contributed by atoms with E-state index in [0.29, 0.717) is 36.4 Å². The Morgan fingerprint density at radius 3 is 2.62 bits per heavy atom. The molecule has 1 aliphatic heterocycles. The Hall–Kier alpha value is -2.41. The second-order valence-corrected chi connectivity index (χ2v) is 6.80. The van der Waals surface area contributed by atoms with Crippen LogP contribution >= 0.6 is 0 Å². The number of nitrogens with zero attached hydrogens (tertiary/aromatic N) is 1. The Bertz CT molecular complexity index is 698. The van der Waals surface area contributed by atoms with Crippen LogP contribution < -0.4 is 10.6 Å². The maximum absolute atomic E-state index is 12.5. The summed E-state index contributed by atoms with van der Waals surface area (Å²) in [4.78, 5) is 38.3. The van der Waals surface area contributed by atoms with Crippen LogP contribution in [0.5, 0.6) is 0 Å². The van der Waals surface area contributed by atoms with Gasteiger partial charge in [-0.05, 0) is 37.5 Å². The van der Waals surface area contributed by atoms with Gasteiger partial charge in [0.15, 0.2) is 0 Å². The van der Waals surface area contributed by atoms with Gasteiger partial charge in [0.2, 0.25) is 0 Å². The molecule has 1 saturated carbocycles. The molecule has 2 aliphatic rings. The van der Waals surface area contributed by atoms with E-state index >= 15 is 0 Å². The zero-order chi connectivity index (χ0) is 18.5. The van der Waals surface area contributed by atoms with Gasteiger partial charge in [-0.1, -0.05) is 19.3 Å². The summed E-state index contributed by atoms with van der Waals surface area (Å²) in [5.74, 6) is -0.614. The summed E-state index contributed by atoms with van der Waals surface area (Å²) in [5, 5.41) is 5.74. The number of amides is 4. The number of urea groups is 1. The molecule has 7 nitrogen and oxygen atoms in total. The molecule has 26 heavy (non-hydrogen) atoms. The van der Waals surface area contributed by atoms with Crippen molar-refractivity contribution in [3.63, 3.8) is 0 Å². The molecule has 1 aromatic rings. The van der Waals surface area contributed by atoms with Gasteiger partial charge >= 0.3 is 6.03 Å². The molecule has 1 aliphatic carbocycles. The minimum atomic E-state index is -0.322. The maximum Gasteiger partial charge on any atom is 0.319 e. The third-order valence-corrected chi connectivity index (χ3v) is 4.90. The summed E-state index contributed by atoms with van der Waals surface area (Å²) in [6.45, 7) is 0.812. The maximum atomic E-state index is 12.5. The molecule has 0 aromatic heterocycles. The van der Waals surface area contributed by atoms with E-state index in [4.69, 9.17) is 4.74 Å². The third-order valence-electron chi connectivity index (χ3n) is 4.90. The summed E-state index contributed by atoms with van der Waals surface area (Å²) in [5.41, 5.74) is 1.23. The van der Waals surface area contributed by atoms with E-state index in [0.717, 1.165) is 25.7 Å². The highest BCUT2D eigenvalue weighted by molar-refractivity contribution is 6.21. The lowest BCUT2D eigenvalue weighted by Gasteiger charge is -2.22. The van der Waals surface area contributed by atoms with Crippen LogP contribution in [0, 0.1) is 0 Å². The molecule has 0 spiro atoms. The molecule has 140 valence electrons. The average Bonchev–Trinajstić information content (AvgIpc) is 2.87. The minimum Gasteiger partial charge on any atom is -0.385 e. The number of fused-ring (bicyclic) bond motifs is 1. The lowest BCUT2D eigenvalue weighted by molar-refractivity contribution is 0.0638. The second-order valence-electron chi connectivity index (χ2n) is 6.80. The van der Waals surface area contributed by atoms with Crippen molar-refractivity contribution in [3.05, 3.63) is 29.3 Å². The average molecular weight is 359 g/mol. The van der Waals surface area contributed by atoms with E-state index < -0.39 is 0 Å². The van der Waals surface area contributed by atoms with Crippen LogP contribution in [0.2, 0.25) is 0 Å². The van der Waals surface area contributed by atoms with Gasteiger partial charge in [-0.3, -0.25) is 14.5 Å². The number of rotatable bonds is 6. The molecular weight excluding hydrogens is 334 g/mol. The first kappa shape index (κ1) is 18.4. The summed E-state index contributed by atoms with van der Waals surface area (Å²) in [6, 6.07) is 4.76. The van der Waals surface area contributed by atoms with Crippen LogP contribution in [0.25, 0.3) is 0 Å². The van der Waals surface area contributed by atoms with Crippen molar-refractivity contribution in [2.45, 2.75) is 44.6 Å². The van der Waals surface area contributed by atoms with E-state index in [-0.39, 0.29) is 23.9 Å². The van der Waals surface area contributed by atoms with Crippen molar-refractivity contribution >= 4 is 23.5 Å². The number of imide groups is 1. The molecule has 3 rings (SSSR count). The zero-order valence-electron chi connectivity index (χ0n) is 15.0. The number of methoxy groups -OCH3 is 1. The Kier molecular flexibility index (Phi) is 5.88. The molecule has 0 unspecified atom stereocenters. The topological polar surface area (TPSA) is 87.7 Å². The zero-order valence-corrected chi connectivity index (χ0v) is 15.0. The summed E-state index contributed by atoms with van der Waals surface area (Å²) in [6.07, 6.45) is 6.10. The predicted molar refractivity (Wildman–Crippen MR) is 97.3 cm³/mol. The van der Waals surface area contributed by atoms with E-state index in [9.17, 15) is 14.4 Å². The monoisotopic (exact) mass is 359 g/mol. The lowest BCUT2D eigenvalue weighted by Crippen LogP contribution is -2.39. The number of hydrogen-bond acceptors (Lipinski definition) is 4. The number of carbonyl (C=O) groups excluding carboxylic acids is 3. The summed E-state index contributed by atoms with van der Waals surface area (Å²) in [7, 11) is 1.58. The highest BCUT2D eigenvalue weighted by Gasteiger charge is 2.35. The Labute approximate surface area is 153 Å². The fraction of sp³-hybridized carbons (Fsp3) is 0.526. The van der Waals surface area contributed by atoms with Gasteiger partial charge in [-0.15, -0.1) is 0 Å². The molecule has 0 radical (unpaired) electrons. The van der Waals surface area contributed by atoms with Gasteiger partial charge in [0.25, 0.3) is 11.8 Å². The Morgan fingerprint density at radius 2 is 1.88 bits per heavy atom. The molecule has 0 saturated heterocycles. The number of hydrogen-bond donors (Lipinski definition) is 2. The summed E-state index contributed by atoms with van der Waals surface area (Å²) < 4.78 is 4.97. The van der Waals surface area contributed by atoms with E-state index in [2.05, 4.69) is 10.6 Å². The van der Waals surface area contributed by atoms with Crippen LogP contribution in [0.15, 0.2) is 18.2 Å². The third kappa shape index (κ3) is 4.04. The first-order valence-corrected chi connectivity index (χ1v) is 9.17. The standard InChI is InChI=1S/C19H25N3O4/c1-26-11-5-10-22-17(23)15-9-8-14(12-16(15)18(22)24)21-19(25)20-13-6-3-2-4-7-13/h8-9,12-13H,2-7,10-11H2,1H3,(H2,20,21,25). The van der Waals surface area contributed by atoms with Crippen molar-refractivity contribution in [1.82, 2.24) is 10.2 Å². The fourth-order valence-electron chi connectivity index (χ4n) is 3.54. The molecule has 7 heteroatoms. The molecule has 1 heterocycles. The van der Waals surface area contributed by atoms with Crippen molar-refractivity contribution in [1.29, 1.82) is 0 Å². The smallest absolute Gasteiger partial charge is 0.319 e. The van der Waals surface area contributed by atoms with E-state index in [1.807, 2.05) is 0 Å². The number of ether oxygens (including phenoxy) is 1. The molecule has 1 fully saturated rings. The van der Waals surface area contributed by atoms with Crippen molar-refractivity contribution in [2.24, 2.45) is 0 Å². The van der Waals surface area contributed by atoms with E-state index in [1.165, 1.54) is 11.3 Å².